The molecule has 1 aromatic rings. The highest BCUT2D eigenvalue weighted by atomic mass is 35.5. The molecule has 4 nitrogen and oxygen atoms in total. The maximum absolute atomic E-state index is 13.6. The summed E-state index contributed by atoms with van der Waals surface area (Å²) < 4.78 is 26.7. The smallest absolute Gasteiger partial charge is 0.227 e. The summed E-state index contributed by atoms with van der Waals surface area (Å²) in [7, 11) is 1.97. The van der Waals surface area contributed by atoms with Crippen molar-refractivity contribution < 1.29 is 13.6 Å². The number of nitrogens with two attached hydrogens (primary N) is 1. The first kappa shape index (κ1) is 17.8. The molecule has 1 aliphatic heterocycles. The number of carbonyl (C=O) groups is 1. The SMILES string of the molecule is CN1CCN(C(=O)Cc2cc(F)ccc2F)C(CN)C1.Cl. The average molecular weight is 320 g/mol. The number of nitrogens with zero attached hydrogens (tertiary/aromatic N) is 2. The van der Waals surface area contributed by atoms with Crippen LogP contribution in [0.25, 0.3) is 0 Å². The van der Waals surface area contributed by atoms with Gasteiger partial charge in [-0.1, -0.05) is 0 Å². The predicted molar refractivity (Wildman–Crippen MR) is 79.4 cm³/mol. The molecule has 1 heterocycles. The average Bonchev–Trinajstić information content (AvgIpc) is 2.42. The second kappa shape index (κ2) is 7.68. The summed E-state index contributed by atoms with van der Waals surface area (Å²) in [6.07, 6.45) is -0.135. The fraction of sp³-hybridized carbons (Fsp3) is 0.500. The Morgan fingerprint density at radius 1 is 1.38 bits per heavy atom. The third-order valence-electron chi connectivity index (χ3n) is 3.63. The molecule has 1 aliphatic rings. The number of hydrogen-bond donors (Lipinski definition) is 1. The monoisotopic (exact) mass is 319 g/mol. The highest BCUT2D eigenvalue weighted by Crippen LogP contribution is 2.14. The molecule has 118 valence electrons. The number of carbonyl (C=O) groups excluding carboxylic acids is 1. The summed E-state index contributed by atoms with van der Waals surface area (Å²) in [5.41, 5.74) is 5.77. The van der Waals surface area contributed by atoms with Crippen molar-refractivity contribution in [2.75, 3.05) is 33.2 Å². The van der Waals surface area contributed by atoms with Gasteiger partial charge in [-0.25, -0.2) is 8.78 Å². The van der Waals surface area contributed by atoms with Crippen molar-refractivity contribution in [1.82, 2.24) is 9.80 Å². The highest BCUT2D eigenvalue weighted by Gasteiger charge is 2.28. The largest absolute Gasteiger partial charge is 0.336 e. The summed E-state index contributed by atoms with van der Waals surface area (Å²) in [6, 6.07) is 3.09. The summed E-state index contributed by atoms with van der Waals surface area (Å²) in [5.74, 6) is -1.31. The molecule has 7 heteroatoms. The molecule has 0 bridgehead atoms. The van der Waals surface area contributed by atoms with Crippen LogP contribution in [0.15, 0.2) is 18.2 Å². The molecule has 0 radical (unpaired) electrons. The maximum Gasteiger partial charge on any atom is 0.227 e. The quantitative estimate of drug-likeness (QED) is 0.905. The molecule has 1 amide bonds. The Hall–Kier alpha value is -1.24. The summed E-state index contributed by atoms with van der Waals surface area (Å²) in [6.45, 7) is 2.39. The van der Waals surface area contributed by atoms with Crippen LogP contribution >= 0.6 is 12.4 Å². The number of benzene rings is 1. The van der Waals surface area contributed by atoms with Crippen molar-refractivity contribution in [3.8, 4) is 0 Å². The van der Waals surface area contributed by atoms with Crippen molar-refractivity contribution in [1.29, 1.82) is 0 Å². The molecule has 0 saturated carbocycles. The van der Waals surface area contributed by atoms with Gasteiger partial charge in [-0.3, -0.25) is 4.79 Å². The molecule has 1 unspecified atom stereocenters. The van der Waals surface area contributed by atoms with Gasteiger partial charge < -0.3 is 15.5 Å². The van der Waals surface area contributed by atoms with Gasteiger partial charge in [-0.2, -0.15) is 0 Å². The molecule has 1 atom stereocenters. The second-order valence-corrected chi connectivity index (χ2v) is 5.15. The van der Waals surface area contributed by atoms with Gasteiger partial charge in [0, 0.05) is 31.7 Å². The molecule has 0 spiro atoms. The van der Waals surface area contributed by atoms with E-state index in [1.807, 2.05) is 7.05 Å². The molecule has 0 aromatic heterocycles. The highest BCUT2D eigenvalue weighted by molar-refractivity contribution is 5.85. The minimum absolute atomic E-state index is 0. The van der Waals surface area contributed by atoms with E-state index in [-0.39, 0.29) is 36.3 Å². The van der Waals surface area contributed by atoms with E-state index in [9.17, 15) is 13.6 Å². The lowest BCUT2D eigenvalue weighted by Crippen LogP contribution is -2.57. The van der Waals surface area contributed by atoms with Gasteiger partial charge in [0.2, 0.25) is 5.91 Å². The summed E-state index contributed by atoms with van der Waals surface area (Å²) in [5, 5.41) is 0. The number of piperazine rings is 1. The first-order chi connectivity index (χ1) is 9.51. The standard InChI is InChI=1S/C14H19F2N3O.ClH/c1-18-4-5-19(12(8-17)9-18)14(20)7-10-6-11(15)2-3-13(10)16;/h2-3,6,12H,4-5,7-9,17H2,1H3;1H. The third kappa shape index (κ3) is 4.36. The van der Waals surface area contributed by atoms with Gasteiger partial charge in [0.25, 0.3) is 0 Å². The normalized spacial score (nSPS) is 19.2. The Morgan fingerprint density at radius 2 is 2.10 bits per heavy atom. The maximum atomic E-state index is 13.6. The topological polar surface area (TPSA) is 49.6 Å². The molecular weight excluding hydrogens is 300 g/mol. The molecule has 0 aliphatic carbocycles. The van der Waals surface area contributed by atoms with Crippen LogP contribution in [0.3, 0.4) is 0 Å². The van der Waals surface area contributed by atoms with E-state index in [0.29, 0.717) is 19.6 Å². The lowest BCUT2D eigenvalue weighted by Gasteiger charge is -2.39. The first-order valence-corrected chi connectivity index (χ1v) is 6.63. The van der Waals surface area contributed by atoms with Gasteiger partial charge in [0.1, 0.15) is 11.6 Å². The van der Waals surface area contributed by atoms with E-state index in [1.165, 1.54) is 0 Å². The molecular formula is C14H20ClF2N3O. The van der Waals surface area contributed by atoms with E-state index in [4.69, 9.17) is 5.73 Å². The number of hydrogen-bond acceptors (Lipinski definition) is 3. The van der Waals surface area contributed by atoms with Gasteiger partial charge in [0.15, 0.2) is 0 Å². The summed E-state index contributed by atoms with van der Waals surface area (Å²) >= 11 is 0. The zero-order chi connectivity index (χ0) is 14.7. The van der Waals surface area contributed by atoms with Gasteiger partial charge in [-0.05, 0) is 25.2 Å². The predicted octanol–water partition coefficient (Wildman–Crippen LogP) is 1.03. The Labute approximate surface area is 129 Å². The Kier molecular flexibility index (Phi) is 6.51. The van der Waals surface area contributed by atoms with Crippen LogP contribution < -0.4 is 5.73 Å². The fourth-order valence-electron chi connectivity index (χ4n) is 2.48. The van der Waals surface area contributed by atoms with Crippen molar-refractivity contribution in [3.63, 3.8) is 0 Å². The Bertz CT molecular complexity index is 501. The third-order valence-corrected chi connectivity index (χ3v) is 3.63. The van der Waals surface area contributed by atoms with E-state index in [1.54, 1.807) is 4.90 Å². The Balaban J connectivity index is 0.00000220. The van der Waals surface area contributed by atoms with E-state index < -0.39 is 11.6 Å². The van der Waals surface area contributed by atoms with Gasteiger partial charge >= 0.3 is 0 Å². The number of halogens is 3. The van der Waals surface area contributed by atoms with E-state index in [2.05, 4.69) is 4.90 Å². The second-order valence-electron chi connectivity index (χ2n) is 5.15. The van der Waals surface area contributed by atoms with Crippen LogP contribution in [-0.2, 0) is 11.2 Å². The lowest BCUT2D eigenvalue weighted by molar-refractivity contribution is -0.134. The van der Waals surface area contributed by atoms with Crippen molar-refractivity contribution >= 4 is 18.3 Å². The minimum Gasteiger partial charge on any atom is -0.336 e. The van der Waals surface area contributed by atoms with Crippen LogP contribution in [0.2, 0.25) is 0 Å². The van der Waals surface area contributed by atoms with Crippen LogP contribution in [0, 0.1) is 11.6 Å². The molecule has 2 rings (SSSR count). The number of rotatable bonds is 3. The molecule has 1 saturated heterocycles. The van der Waals surface area contributed by atoms with Crippen LogP contribution in [0.4, 0.5) is 8.78 Å². The molecule has 21 heavy (non-hydrogen) atoms. The van der Waals surface area contributed by atoms with Gasteiger partial charge in [0.05, 0.1) is 12.5 Å². The first-order valence-electron chi connectivity index (χ1n) is 6.63. The van der Waals surface area contributed by atoms with Crippen molar-refractivity contribution in [3.05, 3.63) is 35.4 Å². The van der Waals surface area contributed by atoms with Crippen molar-refractivity contribution in [2.24, 2.45) is 5.73 Å². The van der Waals surface area contributed by atoms with Crippen LogP contribution in [0.5, 0.6) is 0 Å². The van der Waals surface area contributed by atoms with Crippen LogP contribution in [-0.4, -0.2) is 55.0 Å². The molecule has 1 fully saturated rings. The summed E-state index contributed by atoms with van der Waals surface area (Å²) in [4.78, 5) is 16.0. The molecule has 1 aromatic carbocycles. The van der Waals surface area contributed by atoms with E-state index >= 15 is 0 Å². The van der Waals surface area contributed by atoms with Crippen LogP contribution in [0.1, 0.15) is 5.56 Å². The zero-order valence-electron chi connectivity index (χ0n) is 11.9. The number of amides is 1. The van der Waals surface area contributed by atoms with E-state index in [0.717, 1.165) is 24.7 Å². The zero-order valence-corrected chi connectivity index (χ0v) is 12.7. The van der Waals surface area contributed by atoms with Crippen molar-refractivity contribution in [2.45, 2.75) is 12.5 Å². The minimum atomic E-state index is -0.557. The number of likely N-dealkylation sites (N-methyl/N-ethyl adjacent to an activating group) is 1. The lowest BCUT2D eigenvalue weighted by atomic mass is 10.1. The molecule has 2 N–H and O–H groups in total. The fourth-order valence-corrected chi connectivity index (χ4v) is 2.48. The van der Waals surface area contributed by atoms with Gasteiger partial charge in [-0.15, -0.1) is 12.4 Å². The Morgan fingerprint density at radius 3 is 2.76 bits per heavy atom.